The summed E-state index contributed by atoms with van der Waals surface area (Å²) < 4.78 is 5.40. The molecule has 3 aromatic rings. The quantitative estimate of drug-likeness (QED) is 0.544. The van der Waals surface area contributed by atoms with Crippen molar-refractivity contribution in [2.75, 3.05) is 31.7 Å². The first-order valence-electron chi connectivity index (χ1n) is 9.82. The number of hydrogen-bond acceptors (Lipinski definition) is 4. The van der Waals surface area contributed by atoms with Gasteiger partial charge >= 0.3 is 0 Å². The van der Waals surface area contributed by atoms with Crippen LogP contribution >= 0.6 is 0 Å². The van der Waals surface area contributed by atoms with Crippen molar-refractivity contribution in [3.63, 3.8) is 0 Å². The maximum Gasteiger partial charge on any atom is 0.254 e. The summed E-state index contributed by atoms with van der Waals surface area (Å²) >= 11 is 0. The fourth-order valence-electron chi connectivity index (χ4n) is 3.96. The number of nitrogens with zero attached hydrogens (tertiary/aromatic N) is 2. The van der Waals surface area contributed by atoms with Crippen molar-refractivity contribution < 1.29 is 9.53 Å². The van der Waals surface area contributed by atoms with E-state index in [1.165, 1.54) is 0 Å². The van der Waals surface area contributed by atoms with Gasteiger partial charge < -0.3 is 9.64 Å². The van der Waals surface area contributed by atoms with E-state index in [1.807, 2.05) is 65.6 Å². The van der Waals surface area contributed by atoms with Crippen molar-refractivity contribution in [1.29, 1.82) is 0 Å². The number of nitrogens with one attached hydrogen (secondary N) is 1. The fourth-order valence-corrected chi connectivity index (χ4v) is 3.96. The summed E-state index contributed by atoms with van der Waals surface area (Å²) in [4.78, 5) is 15.1. The van der Waals surface area contributed by atoms with Gasteiger partial charge in [-0.05, 0) is 23.8 Å². The lowest BCUT2D eigenvalue weighted by molar-refractivity contribution is 0.0303. The number of benzene rings is 3. The summed E-state index contributed by atoms with van der Waals surface area (Å²) in [5, 5.41) is 4.71. The van der Waals surface area contributed by atoms with Crippen LogP contribution in [0.25, 0.3) is 11.1 Å². The second kappa shape index (κ2) is 7.53. The number of ether oxygens (including phenoxy) is 1. The van der Waals surface area contributed by atoms with E-state index in [2.05, 4.69) is 17.6 Å². The van der Waals surface area contributed by atoms with Crippen LogP contribution in [0, 0.1) is 0 Å². The highest BCUT2D eigenvalue weighted by Crippen LogP contribution is 2.39. The summed E-state index contributed by atoms with van der Waals surface area (Å²) in [6.45, 7) is 2.43. The average Bonchev–Trinajstić information content (AvgIpc) is 3.12. The molecule has 0 aromatic heterocycles. The van der Waals surface area contributed by atoms with E-state index in [1.54, 1.807) is 0 Å². The number of carbonyl (C=O) groups excluding carboxylic acids is 1. The molecule has 0 radical (unpaired) electrons. The Bertz CT molecular complexity index is 1090. The lowest BCUT2D eigenvalue weighted by atomic mass is 9.98. The Hall–Kier alpha value is -3.44. The molecule has 0 unspecified atom stereocenters. The van der Waals surface area contributed by atoms with Crippen molar-refractivity contribution in [3.8, 4) is 11.1 Å². The molecule has 0 atom stereocenters. The number of rotatable bonds is 3. The molecule has 0 spiro atoms. The molecule has 1 heterocycles. The van der Waals surface area contributed by atoms with Crippen LogP contribution in [0.2, 0.25) is 0 Å². The third-order valence-corrected chi connectivity index (χ3v) is 5.37. The average molecular weight is 383 g/mol. The van der Waals surface area contributed by atoms with Crippen LogP contribution in [0.3, 0.4) is 0 Å². The van der Waals surface area contributed by atoms with Crippen molar-refractivity contribution in [2.24, 2.45) is 5.10 Å². The topological polar surface area (TPSA) is 53.9 Å². The highest BCUT2D eigenvalue weighted by molar-refractivity contribution is 6.27. The van der Waals surface area contributed by atoms with Gasteiger partial charge in [0.15, 0.2) is 0 Å². The number of hydrazone groups is 1. The Morgan fingerprint density at radius 2 is 1.52 bits per heavy atom. The van der Waals surface area contributed by atoms with Gasteiger partial charge in [0.25, 0.3) is 5.91 Å². The van der Waals surface area contributed by atoms with Crippen LogP contribution in [-0.2, 0) is 4.74 Å². The van der Waals surface area contributed by atoms with E-state index < -0.39 is 0 Å². The normalized spacial score (nSPS) is 16.4. The number of hydrogen-bond donors (Lipinski definition) is 1. The van der Waals surface area contributed by atoms with Crippen LogP contribution in [-0.4, -0.2) is 42.8 Å². The second-order valence-electron chi connectivity index (χ2n) is 7.12. The standard InChI is InChI=1S/C24H21N3O2/c28-24(27-13-15-29-16-14-27)21-12-6-11-20-22(21)18-9-4-5-10-19(18)23(20)26-25-17-7-2-1-3-8-17/h1-12,25H,13-16H2/b26-23+. The molecule has 0 saturated carbocycles. The van der Waals surface area contributed by atoms with Crippen molar-refractivity contribution >= 4 is 17.3 Å². The number of fused-ring (bicyclic) bond motifs is 3. The van der Waals surface area contributed by atoms with E-state index in [-0.39, 0.29) is 5.91 Å². The molecule has 1 amide bonds. The number of anilines is 1. The lowest BCUT2D eigenvalue weighted by Gasteiger charge is -2.27. The van der Waals surface area contributed by atoms with E-state index in [0.29, 0.717) is 26.3 Å². The van der Waals surface area contributed by atoms with E-state index in [9.17, 15) is 4.79 Å². The Morgan fingerprint density at radius 1 is 0.828 bits per heavy atom. The molecule has 1 fully saturated rings. The molecule has 1 aliphatic heterocycles. The highest BCUT2D eigenvalue weighted by atomic mass is 16.5. The zero-order valence-corrected chi connectivity index (χ0v) is 16.0. The fraction of sp³-hybridized carbons (Fsp3) is 0.167. The van der Waals surface area contributed by atoms with Crippen LogP contribution < -0.4 is 5.43 Å². The number of carbonyl (C=O) groups is 1. The zero-order valence-electron chi connectivity index (χ0n) is 16.0. The summed E-state index contributed by atoms with van der Waals surface area (Å²) in [6.07, 6.45) is 0. The first kappa shape index (κ1) is 17.6. The number of para-hydroxylation sites is 1. The number of morpholine rings is 1. The predicted molar refractivity (Wildman–Crippen MR) is 114 cm³/mol. The molecule has 1 aliphatic carbocycles. The molecule has 0 bridgehead atoms. The third kappa shape index (κ3) is 3.19. The summed E-state index contributed by atoms with van der Waals surface area (Å²) in [5.74, 6) is 0.0530. The Labute approximate surface area is 169 Å². The predicted octanol–water partition coefficient (Wildman–Crippen LogP) is 4.00. The van der Waals surface area contributed by atoms with Gasteiger partial charge in [0.1, 0.15) is 0 Å². The van der Waals surface area contributed by atoms with E-state index in [0.717, 1.165) is 39.2 Å². The Morgan fingerprint density at radius 3 is 2.31 bits per heavy atom. The van der Waals surface area contributed by atoms with Crippen molar-refractivity contribution in [2.45, 2.75) is 0 Å². The molecule has 2 aliphatic rings. The van der Waals surface area contributed by atoms with Gasteiger partial charge in [-0.2, -0.15) is 5.10 Å². The minimum Gasteiger partial charge on any atom is -0.378 e. The summed E-state index contributed by atoms with van der Waals surface area (Å²) in [6, 6.07) is 23.9. The molecule has 3 aromatic carbocycles. The van der Waals surface area contributed by atoms with Gasteiger partial charge in [0.2, 0.25) is 0 Å². The molecule has 5 nitrogen and oxygen atoms in total. The van der Waals surface area contributed by atoms with Crippen LogP contribution in [0.4, 0.5) is 5.69 Å². The van der Waals surface area contributed by atoms with Gasteiger partial charge in [0, 0.05) is 35.3 Å². The largest absolute Gasteiger partial charge is 0.378 e. The Kier molecular flexibility index (Phi) is 4.58. The number of amides is 1. The zero-order chi connectivity index (χ0) is 19.6. The summed E-state index contributed by atoms with van der Waals surface area (Å²) in [5.41, 5.74) is 9.69. The second-order valence-corrected chi connectivity index (χ2v) is 7.12. The molecular weight excluding hydrogens is 362 g/mol. The first-order chi connectivity index (χ1) is 14.3. The molecule has 144 valence electrons. The molecule has 29 heavy (non-hydrogen) atoms. The van der Waals surface area contributed by atoms with Gasteiger partial charge in [0.05, 0.1) is 24.6 Å². The van der Waals surface area contributed by atoms with Crippen molar-refractivity contribution in [1.82, 2.24) is 4.90 Å². The maximum atomic E-state index is 13.3. The van der Waals surface area contributed by atoms with Crippen molar-refractivity contribution in [3.05, 3.63) is 89.5 Å². The molecule has 1 saturated heterocycles. The maximum absolute atomic E-state index is 13.3. The Balaban J connectivity index is 1.59. The van der Waals surface area contributed by atoms with Gasteiger partial charge in [-0.3, -0.25) is 10.2 Å². The monoisotopic (exact) mass is 383 g/mol. The van der Waals surface area contributed by atoms with E-state index >= 15 is 0 Å². The van der Waals surface area contributed by atoms with Crippen LogP contribution in [0.15, 0.2) is 77.9 Å². The van der Waals surface area contributed by atoms with Crippen LogP contribution in [0.1, 0.15) is 21.5 Å². The van der Waals surface area contributed by atoms with Gasteiger partial charge in [-0.1, -0.05) is 54.6 Å². The molecular formula is C24H21N3O2. The SMILES string of the molecule is O=C(c1cccc2c1-c1ccccc1/C2=N\Nc1ccccc1)N1CCOCC1. The minimum atomic E-state index is 0.0530. The first-order valence-corrected chi connectivity index (χ1v) is 9.82. The third-order valence-electron chi connectivity index (χ3n) is 5.37. The minimum absolute atomic E-state index is 0.0530. The van der Waals surface area contributed by atoms with Crippen LogP contribution in [0.5, 0.6) is 0 Å². The van der Waals surface area contributed by atoms with Gasteiger partial charge in [-0.15, -0.1) is 0 Å². The molecule has 1 N–H and O–H groups in total. The smallest absolute Gasteiger partial charge is 0.254 e. The summed E-state index contributed by atoms with van der Waals surface area (Å²) in [7, 11) is 0. The molecule has 5 rings (SSSR count). The lowest BCUT2D eigenvalue weighted by Crippen LogP contribution is -2.40. The van der Waals surface area contributed by atoms with Gasteiger partial charge in [-0.25, -0.2) is 0 Å². The molecule has 5 heteroatoms. The highest BCUT2D eigenvalue weighted by Gasteiger charge is 2.31. The van der Waals surface area contributed by atoms with E-state index in [4.69, 9.17) is 9.84 Å².